The number of pyridine rings is 1. The fourth-order valence-corrected chi connectivity index (χ4v) is 1.37. The first-order valence-electron chi connectivity index (χ1n) is 4.07. The number of hydrogen-bond donors (Lipinski definition) is 0. The second kappa shape index (κ2) is 5.02. The van der Waals surface area contributed by atoms with Gasteiger partial charge in [-0.3, -0.25) is 0 Å². The van der Waals surface area contributed by atoms with E-state index in [1.165, 1.54) is 7.11 Å². The van der Waals surface area contributed by atoms with E-state index in [4.69, 9.17) is 16.3 Å². The molecule has 0 aromatic carbocycles. The maximum absolute atomic E-state index is 12.6. The van der Waals surface area contributed by atoms with Crippen LogP contribution in [0.25, 0.3) is 0 Å². The van der Waals surface area contributed by atoms with E-state index < -0.39 is 22.9 Å². The molecule has 0 bridgehead atoms. The Hall–Kier alpha value is -1.50. The van der Waals surface area contributed by atoms with Gasteiger partial charge in [-0.15, -0.1) is 11.6 Å². The number of rotatable bonds is 4. The molecule has 1 aromatic rings. The third-order valence-electron chi connectivity index (χ3n) is 1.80. The number of alkyl halides is 3. The van der Waals surface area contributed by atoms with Gasteiger partial charge in [0, 0.05) is 11.6 Å². The summed E-state index contributed by atoms with van der Waals surface area (Å²) in [5.74, 6) is -1.06. The van der Waals surface area contributed by atoms with E-state index in [9.17, 15) is 18.9 Å². The van der Waals surface area contributed by atoms with Crippen LogP contribution in [0.1, 0.15) is 17.7 Å². The van der Waals surface area contributed by atoms with Crippen molar-refractivity contribution in [1.29, 1.82) is 0 Å². The Morgan fingerprint density at radius 1 is 1.69 bits per heavy atom. The molecule has 1 rings (SSSR count). The molecule has 0 aliphatic heterocycles. The van der Waals surface area contributed by atoms with Crippen LogP contribution in [0.2, 0.25) is 0 Å². The maximum Gasteiger partial charge on any atom is 0.364 e. The van der Waals surface area contributed by atoms with E-state index in [-0.39, 0.29) is 17.2 Å². The molecular formula is C8H7ClF2N2O3. The quantitative estimate of drug-likeness (QED) is 0.469. The van der Waals surface area contributed by atoms with Crippen LogP contribution in [0.15, 0.2) is 6.07 Å². The van der Waals surface area contributed by atoms with Crippen molar-refractivity contribution < 1.29 is 18.4 Å². The average molecular weight is 253 g/mol. The highest BCUT2D eigenvalue weighted by atomic mass is 35.5. The zero-order valence-electron chi connectivity index (χ0n) is 8.11. The van der Waals surface area contributed by atoms with Gasteiger partial charge in [0.1, 0.15) is 0 Å². The summed E-state index contributed by atoms with van der Waals surface area (Å²) in [6.07, 6.45) is -2.96. The van der Waals surface area contributed by atoms with Crippen molar-refractivity contribution in [1.82, 2.24) is 4.98 Å². The largest absolute Gasteiger partial charge is 0.492 e. The molecule has 88 valence electrons. The molecule has 1 aromatic heterocycles. The van der Waals surface area contributed by atoms with Crippen molar-refractivity contribution in [3.05, 3.63) is 27.4 Å². The Bertz CT molecular complexity index is 415. The fourth-order valence-electron chi connectivity index (χ4n) is 1.17. The smallest absolute Gasteiger partial charge is 0.364 e. The standard InChI is InChI=1S/C8H7ClF2N2O3/c1-16-7-4(3-9)2-5(13(14)15)12-6(7)8(10)11/h2,8H,3H2,1H3. The Morgan fingerprint density at radius 2 is 2.31 bits per heavy atom. The molecule has 0 saturated carbocycles. The van der Waals surface area contributed by atoms with Gasteiger partial charge in [0.25, 0.3) is 5.69 Å². The Morgan fingerprint density at radius 3 is 2.69 bits per heavy atom. The van der Waals surface area contributed by atoms with Gasteiger partial charge in [-0.1, -0.05) is 0 Å². The highest BCUT2D eigenvalue weighted by Gasteiger charge is 2.27. The summed E-state index contributed by atoms with van der Waals surface area (Å²) in [4.78, 5) is 12.8. The third-order valence-corrected chi connectivity index (χ3v) is 2.09. The molecule has 0 aliphatic carbocycles. The van der Waals surface area contributed by atoms with E-state index in [1.807, 2.05) is 0 Å². The molecule has 16 heavy (non-hydrogen) atoms. The topological polar surface area (TPSA) is 65.3 Å². The molecule has 0 radical (unpaired) electrons. The molecule has 0 spiro atoms. The molecule has 0 saturated heterocycles. The van der Waals surface area contributed by atoms with Gasteiger partial charge in [0.15, 0.2) is 5.75 Å². The molecule has 8 heteroatoms. The zero-order valence-corrected chi connectivity index (χ0v) is 8.87. The van der Waals surface area contributed by atoms with Crippen LogP contribution in [0.4, 0.5) is 14.6 Å². The Balaban J connectivity index is 3.43. The number of nitro groups is 1. The van der Waals surface area contributed by atoms with Crippen molar-refractivity contribution in [2.24, 2.45) is 0 Å². The fraction of sp³-hybridized carbons (Fsp3) is 0.375. The molecular weight excluding hydrogens is 246 g/mol. The highest BCUT2D eigenvalue weighted by Crippen LogP contribution is 2.33. The minimum absolute atomic E-state index is 0.112. The monoisotopic (exact) mass is 252 g/mol. The number of aromatic nitrogens is 1. The van der Waals surface area contributed by atoms with Gasteiger partial charge in [0.2, 0.25) is 0 Å². The summed E-state index contributed by atoms with van der Waals surface area (Å²) in [6.45, 7) is 0. The average Bonchev–Trinajstić information content (AvgIpc) is 2.26. The van der Waals surface area contributed by atoms with Crippen molar-refractivity contribution in [2.75, 3.05) is 7.11 Å². The van der Waals surface area contributed by atoms with E-state index in [2.05, 4.69) is 4.98 Å². The minimum atomic E-state index is -2.96. The van der Waals surface area contributed by atoms with Gasteiger partial charge >= 0.3 is 12.2 Å². The molecule has 0 unspecified atom stereocenters. The summed E-state index contributed by atoms with van der Waals surface area (Å²) in [6, 6.07) is 1.01. The lowest BCUT2D eigenvalue weighted by molar-refractivity contribution is -0.389. The van der Waals surface area contributed by atoms with Gasteiger partial charge < -0.3 is 14.9 Å². The van der Waals surface area contributed by atoms with Gasteiger partial charge in [-0.25, -0.2) is 8.78 Å². The van der Waals surface area contributed by atoms with E-state index in [0.717, 1.165) is 6.07 Å². The molecule has 0 N–H and O–H groups in total. The molecule has 5 nitrogen and oxygen atoms in total. The minimum Gasteiger partial charge on any atom is -0.492 e. The summed E-state index contributed by atoms with van der Waals surface area (Å²) < 4.78 is 29.8. The molecule has 0 atom stereocenters. The van der Waals surface area contributed by atoms with Crippen molar-refractivity contribution in [2.45, 2.75) is 12.3 Å². The molecule has 0 fully saturated rings. The summed E-state index contributed by atoms with van der Waals surface area (Å²) in [7, 11) is 1.17. The van der Waals surface area contributed by atoms with Crippen LogP contribution in [0.5, 0.6) is 5.75 Å². The first-order chi connectivity index (χ1) is 7.51. The van der Waals surface area contributed by atoms with Crippen molar-refractivity contribution in [3.63, 3.8) is 0 Å². The maximum atomic E-state index is 12.6. The third kappa shape index (κ3) is 2.35. The van der Waals surface area contributed by atoms with Crippen LogP contribution in [0.3, 0.4) is 0 Å². The van der Waals surface area contributed by atoms with Crippen LogP contribution < -0.4 is 4.74 Å². The van der Waals surface area contributed by atoms with Crippen molar-refractivity contribution >= 4 is 17.4 Å². The van der Waals surface area contributed by atoms with E-state index >= 15 is 0 Å². The van der Waals surface area contributed by atoms with Crippen LogP contribution in [-0.4, -0.2) is 17.0 Å². The summed E-state index contributed by atoms with van der Waals surface area (Å²) in [5.41, 5.74) is -0.659. The normalized spacial score (nSPS) is 10.6. The van der Waals surface area contributed by atoms with Crippen LogP contribution >= 0.6 is 11.6 Å². The van der Waals surface area contributed by atoms with E-state index in [1.54, 1.807) is 0 Å². The van der Waals surface area contributed by atoms with Gasteiger partial charge in [-0.05, 0) is 9.91 Å². The predicted octanol–water partition coefficient (Wildman–Crippen LogP) is 2.67. The van der Waals surface area contributed by atoms with Gasteiger partial charge in [0.05, 0.1) is 13.0 Å². The number of halogens is 3. The van der Waals surface area contributed by atoms with Crippen molar-refractivity contribution in [3.8, 4) is 5.75 Å². The second-order valence-electron chi connectivity index (χ2n) is 2.75. The molecule has 1 heterocycles. The Labute approximate surface area is 94.1 Å². The highest BCUT2D eigenvalue weighted by molar-refractivity contribution is 6.17. The summed E-state index contributed by atoms with van der Waals surface area (Å²) >= 11 is 5.49. The van der Waals surface area contributed by atoms with Gasteiger partial charge in [-0.2, -0.15) is 0 Å². The van der Waals surface area contributed by atoms with E-state index in [0.29, 0.717) is 0 Å². The SMILES string of the molecule is COc1c(CCl)cc([N+](=O)[O-])nc1C(F)F. The zero-order chi connectivity index (χ0) is 12.3. The number of ether oxygens (including phenoxy) is 1. The first-order valence-corrected chi connectivity index (χ1v) is 4.61. The lowest BCUT2D eigenvalue weighted by atomic mass is 10.2. The Kier molecular flexibility index (Phi) is 3.94. The van der Waals surface area contributed by atoms with Crippen LogP contribution in [0, 0.1) is 10.1 Å². The number of methoxy groups -OCH3 is 1. The number of nitrogens with zero attached hydrogens (tertiary/aromatic N) is 2. The molecule has 0 aliphatic rings. The summed E-state index contributed by atoms with van der Waals surface area (Å²) in [5, 5.41) is 10.5. The van der Waals surface area contributed by atoms with Crippen LogP contribution in [-0.2, 0) is 5.88 Å². The second-order valence-corrected chi connectivity index (χ2v) is 3.02. The number of hydrogen-bond acceptors (Lipinski definition) is 4. The first kappa shape index (κ1) is 12.6. The molecule has 0 amide bonds. The lowest BCUT2D eigenvalue weighted by Gasteiger charge is -2.07. The predicted molar refractivity (Wildman–Crippen MR) is 52.0 cm³/mol. The lowest BCUT2D eigenvalue weighted by Crippen LogP contribution is -2.03.